The number of benzene rings is 1. The first-order chi connectivity index (χ1) is 11.5. The highest BCUT2D eigenvalue weighted by Crippen LogP contribution is 2.42. The Balaban J connectivity index is 1.89. The zero-order valence-corrected chi connectivity index (χ0v) is 14.7. The minimum absolute atomic E-state index is 0.130. The normalized spacial score (nSPS) is 16.8. The second-order valence-corrected chi connectivity index (χ2v) is 7.24. The fraction of sp³-hybridized carbons (Fsp3) is 0.429. The quantitative estimate of drug-likeness (QED) is 0.766. The van der Waals surface area contributed by atoms with E-state index in [4.69, 9.17) is 0 Å². The molecule has 1 fully saturated rings. The summed E-state index contributed by atoms with van der Waals surface area (Å²) in [6, 6.07) is 10.0. The molecule has 24 heavy (non-hydrogen) atoms. The van der Waals surface area contributed by atoms with Crippen LogP contribution in [0.25, 0.3) is 10.9 Å². The number of fused-ring (bicyclic) bond motifs is 1. The van der Waals surface area contributed by atoms with Crippen LogP contribution in [0.1, 0.15) is 51.1 Å². The van der Waals surface area contributed by atoms with Crippen molar-refractivity contribution in [1.29, 1.82) is 0 Å². The van der Waals surface area contributed by atoms with Crippen molar-refractivity contribution in [3.8, 4) is 0 Å². The van der Waals surface area contributed by atoms with Crippen molar-refractivity contribution in [3.63, 3.8) is 0 Å². The topological polar surface area (TPSA) is 42.0 Å². The SMILES string of the molecule is C=C(C)CC1(C(=O)Nc2cc3ccccc3nc2C)CCCCC1. The van der Waals surface area contributed by atoms with Crippen LogP contribution in [-0.2, 0) is 4.79 Å². The molecular weight excluding hydrogens is 296 g/mol. The van der Waals surface area contributed by atoms with Crippen LogP contribution in [-0.4, -0.2) is 10.9 Å². The highest BCUT2D eigenvalue weighted by atomic mass is 16.2. The van der Waals surface area contributed by atoms with Gasteiger partial charge in [0.2, 0.25) is 5.91 Å². The van der Waals surface area contributed by atoms with Gasteiger partial charge in [0.15, 0.2) is 0 Å². The minimum atomic E-state index is -0.303. The molecule has 0 spiro atoms. The lowest BCUT2D eigenvalue weighted by Gasteiger charge is -2.36. The third-order valence-electron chi connectivity index (χ3n) is 5.10. The van der Waals surface area contributed by atoms with Crippen molar-refractivity contribution >= 4 is 22.5 Å². The molecule has 3 rings (SSSR count). The Hall–Kier alpha value is -2.16. The smallest absolute Gasteiger partial charge is 0.230 e. The Kier molecular flexibility index (Phi) is 4.70. The van der Waals surface area contributed by atoms with E-state index < -0.39 is 0 Å². The Bertz CT molecular complexity index is 773. The average Bonchev–Trinajstić information content (AvgIpc) is 2.55. The van der Waals surface area contributed by atoms with Gasteiger partial charge in [-0.2, -0.15) is 0 Å². The number of anilines is 1. The summed E-state index contributed by atoms with van der Waals surface area (Å²) in [5.41, 5.74) is 3.43. The number of allylic oxidation sites excluding steroid dienone is 1. The number of aryl methyl sites for hydroxylation is 1. The monoisotopic (exact) mass is 322 g/mol. The average molecular weight is 322 g/mol. The first-order valence-electron chi connectivity index (χ1n) is 8.82. The van der Waals surface area contributed by atoms with E-state index in [1.807, 2.05) is 44.2 Å². The van der Waals surface area contributed by atoms with Crippen LogP contribution >= 0.6 is 0 Å². The summed E-state index contributed by atoms with van der Waals surface area (Å²) >= 11 is 0. The summed E-state index contributed by atoms with van der Waals surface area (Å²) < 4.78 is 0. The van der Waals surface area contributed by atoms with Gasteiger partial charge in [-0.05, 0) is 45.2 Å². The predicted molar refractivity (Wildman–Crippen MR) is 100 cm³/mol. The molecule has 1 aliphatic carbocycles. The fourth-order valence-corrected chi connectivity index (χ4v) is 3.88. The minimum Gasteiger partial charge on any atom is -0.324 e. The molecule has 2 aromatic rings. The first-order valence-corrected chi connectivity index (χ1v) is 8.82. The van der Waals surface area contributed by atoms with E-state index in [-0.39, 0.29) is 11.3 Å². The summed E-state index contributed by atoms with van der Waals surface area (Å²) in [5, 5.41) is 4.23. The fourth-order valence-electron chi connectivity index (χ4n) is 3.88. The van der Waals surface area contributed by atoms with E-state index in [9.17, 15) is 4.79 Å². The highest BCUT2D eigenvalue weighted by Gasteiger charge is 2.39. The van der Waals surface area contributed by atoms with E-state index in [0.29, 0.717) is 0 Å². The molecule has 3 nitrogen and oxygen atoms in total. The van der Waals surface area contributed by atoms with Crippen molar-refractivity contribution in [2.24, 2.45) is 5.41 Å². The molecule has 0 unspecified atom stereocenters. The first kappa shape index (κ1) is 16.7. The van der Waals surface area contributed by atoms with Crippen LogP contribution in [0, 0.1) is 12.3 Å². The highest BCUT2D eigenvalue weighted by molar-refractivity contribution is 5.97. The molecule has 0 atom stereocenters. The predicted octanol–water partition coefficient (Wildman–Crippen LogP) is 5.40. The molecular formula is C21H26N2O. The lowest BCUT2D eigenvalue weighted by Crippen LogP contribution is -2.38. The van der Waals surface area contributed by atoms with Gasteiger partial charge in [0.1, 0.15) is 0 Å². The van der Waals surface area contributed by atoms with Gasteiger partial charge in [-0.25, -0.2) is 0 Å². The molecule has 1 aliphatic rings. The summed E-state index contributed by atoms with van der Waals surface area (Å²) in [6.07, 6.45) is 6.14. The molecule has 0 radical (unpaired) electrons. The summed E-state index contributed by atoms with van der Waals surface area (Å²) in [6.45, 7) is 8.02. The third kappa shape index (κ3) is 3.35. The van der Waals surface area contributed by atoms with Crippen LogP contribution in [0.2, 0.25) is 0 Å². The summed E-state index contributed by atoms with van der Waals surface area (Å²) in [4.78, 5) is 17.8. The second kappa shape index (κ2) is 6.76. The standard InChI is InChI=1S/C21H26N2O/c1-15(2)14-21(11-7-4-8-12-21)20(24)23-19-13-17-9-5-6-10-18(17)22-16(19)3/h5-6,9-10,13H,1,4,7-8,11-12,14H2,2-3H3,(H,23,24). The molecule has 126 valence electrons. The molecule has 0 aliphatic heterocycles. The van der Waals surface area contributed by atoms with E-state index in [1.54, 1.807) is 0 Å². The van der Waals surface area contributed by atoms with Crippen molar-refractivity contribution in [3.05, 3.63) is 48.2 Å². The number of carbonyl (C=O) groups is 1. The van der Waals surface area contributed by atoms with Gasteiger partial charge >= 0.3 is 0 Å². The second-order valence-electron chi connectivity index (χ2n) is 7.24. The van der Waals surface area contributed by atoms with Crippen LogP contribution in [0.4, 0.5) is 5.69 Å². The van der Waals surface area contributed by atoms with Gasteiger partial charge in [-0.3, -0.25) is 9.78 Å². The lowest BCUT2D eigenvalue weighted by atomic mass is 9.69. The van der Waals surface area contributed by atoms with Crippen LogP contribution < -0.4 is 5.32 Å². The summed E-state index contributed by atoms with van der Waals surface area (Å²) in [5.74, 6) is 0.130. The van der Waals surface area contributed by atoms with E-state index in [0.717, 1.165) is 60.0 Å². The molecule has 1 aromatic heterocycles. The zero-order chi connectivity index (χ0) is 17.2. The number of aromatic nitrogens is 1. The number of carbonyl (C=O) groups excluding carboxylic acids is 1. The molecule has 1 saturated carbocycles. The molecule has 1 heterocycles. The Morgan fingerprint density at radius 1 is 1.25 bits per heavy atom. The van der Waals surface area contributed by atoms with Crippen molar-refractivity contribution in [2.45, 2.75) is 52.4 Å². The zero-order valence-electron chi connectivity index (χ0n) is 14.7. The van der Waals surface area contributed by atoms with E-state index >= 15 is 0 Å². The number of nitrogens with one attached hydrogen (secondary N) is 1. The van der Waals surface area contributed by atoms with E-state index in [1.165, 1.54) is 6.42 Å². The Morgan fingerprint density at radius 3 is 2.67 bits per heavy atom. The molecule has 1 N–H and O–H groups in total. The molecule has 1 aromatic carbocycles. The van der Waals surface area contributed by atoms with Crippen LogP contribution in [0.15, 0.2) is 42.5 Å². The van der Waals surface area contributed by atoms with Gasteiger partial charge in [0.25, 0.3) is 0 Å². The lowest BCUT2D eigenvalue weighted by molar-refractivity contribution is -0.127. The molecule has 3 heteroatoms. The van der Waals surface area contributed by atoms with Gasteiger partial charge in [-0.1, -0.05) is 43.0 Å². The Labute approximate surface area is 144 Å². The largest absolute Gasteiger partial charge is 0.324 e. The Morgan fingerprint density at radius 2 is 1.96 bits per heavy atom. The number of pyridine rings is 1. The van der Waals surface area contributed by atoms with E-state index in [2.05, 4.69) is 16.9 Å². The third-order valence-corrected chi connectivity index (χ3v) is 5.10. The summed E-state index contributed by atoms with van der Waals surface area (Å²) in [7, 11) is 0. The van der Waals surface area contributed by atoms with Crippen LogP contribution in [0.3, 0.4) is 0 Å². The maximum Gasteiger partial charge on any atom is 0.230 e. The van der Waals surface area contributed by atoms with Gasteiger partial charge in [0, 0.05) is 5.39 Å². The number of hydrogen-bond donors (Lipinski definition) is 1. The van der Waals surface area contributed by atoms with Gasteiger partial charge in [0.05, 0.1) is 22.3 Å². The number of para-hydroxylation sites is 1. The van der Waals surface area contributed by atoms with Crippen molar-refractivity contribution < 1.29 is 4.79 Å². The number of rotatable bonds is 4. The maximum absolute atomic E-state index is 13.1. The van der Waals surface area contributed by atoms with Crippen molar-refractivity contribution in [1.82, 2.24) is 4.98 Å². The number of hydrogen-bond acceptors (Lipinski definition) is 2. The van der Waals surface area contributed by atoms with Crippen LogP contribution in [0.5, 0.6) is 0 Å². The van der Waals surface area contributed by atoms with Crippen molar-refractivity contribution in [2.75, 3.05) is 5.32 Å². The molecule has 0 saturated heterocycles. The number of amides is 1. The molecule has 0 bridgehead atoms. The number of nitrogens with zero attached hydrogens (tertiary/aromatic N) is 1. The van der Waals surface area contributed by atoms with Gasteiger partial charge in [-0.15, -0.1) is 6.58 Å². The maximum atomic E-state index is 13.1. The van der Waals surface area contributed by atoms with Gasteiger partial charge < -0.3 is 5.32 Å². The molecule has 1 amide bonds.